The van der Waals surface area contributed by atoms with E-state index in [0.29, 0.717) is 12.6 Å². The van der Waals surface area contributed by atoms with Crippen LogP contribution in [0, 0.1) is 0 Å². The SMILES string of the molecule is CCC1COCCN1c1ccnc(CN)c1. The van der Waals surface area contributed by atoms with Crippen molar-refractivity contribution in [2.24, 2.45) is 5.73 Å². The fourth-order valence-electron chi connectivity index (χ4n) is 2.09. The van der Waals surface area contributed by atoms with Gasteiger partial charge < -0.3 is 15.4 Å². The third-order valence-corrected chi connectivity index (χ3v) is 3.04. The predicted octanol–water partition coefficient (Wildman–Crippen LogP) is 1.16. The Balaban J connectivity index is 2.20. The zero-order valence-electron chi connectivity index (χ0n) is 9.72. The van der Waals surface area contributed by atoms with Gasteiger partial charge in [0.05, 0.1) is 24.9 Å². The van der Waals surface area contributed by atoms with Crippen LogP contribution in [0.25, 0.3) is 0 Å². The Labute approximate surface area is 96.4 Å². The van der Waals surface area contributed by atoms with E-state index in [2.05, 4.69) is 22.9 Å². The lowest BCUT2D eigenvalue weighted by atomic mass is 10.1. The first kappa shape index (κ1) is 11.4. The summed E-state index contributed by atoms with van der Waals surface area (Å²) in [6, 6.07) is 4.60. The average molecular weight is 221 g/mol. The molecule has 0 aromatic carbocycles. The van der Waals surface area contributed by atoms with E-state index in [0.717, 1.165) is 31.9 Å². The van der Waals surface area contributed by atoms with E-state index in [1.807, 2.05) is 12.3 Å². The van der Waals surface area contributed by atoms with Crippen LogP contribution in [0.4, 0.5) is 5.69 Å². The Bertz CT molecular complexity index is 343. The van der Waals surface area contributed by atoms with Crippen molar-refractivity contribution in [3.05, 3.63) is 24.0 Å². The smallest absolute Gasteiger partial charge is 0.0670 e. The summed E-state index contributed by atoms with van der Waals surface area (Å²) in [5.74, 6) is 0. The number of morpholine rings is 1. The second kappa shape index (κ2) is 5.27. The zero-order chi connectivity index (χ0) is 11.4. The van der Waals surface area contributed by atoms with Crippen LogP contribution < -0.4 is 10.6 Å². The maximum atomic E-state index is 5.61. The van der Waals surface area contributed by atoms with Gasteiger partial charge in [0.1, 0.15) is 0 Å². The molecule has 0 aliphatic carbocycles. The summed E-state index contributed by atoms with van der Waals surface area (Å²) in [6.07, 6.45) is 2.93. The van der Waals surface area contributed by atoms with E-state index in [-0.39, 0.29) is 0 Å². The second-order valence-corrected chi connectivity index (χ2v) is 4.04. The number of nitrogens with two attached hydrogens (primary N) is 1. The van der Waals surface area contributed by atoms with E-state index in [9.17, 15) is 0 Å². The summed E-state index contributed by atoms with van der Waals surface area (Å²) in [5, 5.41) is 0. The van der Waals surface area contributed by atoms with Gasteiger partial charge in [-0.05, 0) is 18.6 Å². The molecule has 0 radical (unpaired) electrons. The number of pyridine rings is 1. The number of anilines is 1. The van der Waals surface area contributed by atoms with Crippen molar-refractivity contribution in [3.8, 4) is 0 Å². The minimum absolute atomic E-state index is 0.474. The van der Waals surface area contributed by atoms with Crippen molar-refractivity contribution < 1.29 is 4.74 Å². The topological polar surface area (TPSA) is 51.4 Å². The molecule has 2 N–H and O–H groups in total. The van der Waals surface area contributed by atoms with Gasteiger partial charge in [0, 0.05) is 25.0 Å². The van der Waals surface area contributed by atoms with Gasteiger partial charge in [0.15, 0.2) is 0 Å². The Hall–Kier alpha value is -1.13. The van der Waals surface area contributed by atoms with Gasteiger partial charge >= 0.3 is 0 Å². The van der Waals surface area contributed by atoms with Crippen LogP contribution >= 0.6 is 0 Å². The molecule has 1 aliphatic heterocycles. The van der Waals surface area contributed by atoms with E-state index in [4.69, 9.17) is 10.5 Å². The van der Waals surface area contributed by atoms with Crippen LogP contribution in [0.1, 0.15) is 19.0 Å². The van der Waals surface area contributed by atoms with Crippen LogP contribution in [0.3, 0.4) is 0 Å². The minimum Gasteiger partial charge on any atom is -0.377 e. The molecule has 0 bridgehead atoms. The molecule has 0 saturated carbocycles. The molecule has 1 unspecified atom stereocenters. The van der Waals surface area contributed by atoms with Gasteiger partial charge in [-0.15, -0.1) is 0 Å². The number of ether oxygens (including phenoxy) is 1. The molecular formula is C12H19N3O. The van der Waals surface area contributed by atoms with Gasteiger partial charge in [-0.3, -0.25) is 4.98 Å². The monoisotopic (exact) mass is 221 g/mol. The van der Waals surface area contributed by atoms with Gasteiger partial charge in [0.25, 0.3) is 0 Å². The van der Waals surface area contributed by atoms with Gasteiger partial charge in [0.2, 0.25) is 0 Å². The zero-order valence-corrected chi connectivity index (χ0v) is 9.72. The Morgan fingerprint density at radius 3 is 3.25 bits per heavy atom. The molecule has 4 nitrogen and oxygen atoms in total. The molecule has 2 heterocycles. The third kappa shape index (κ3) is 2.33. The van der Waals surface area contributed by atoms with Crippen molar-refractivity contribution in [3.63, 3.8) is 0 Å². The number of nitrogens with zero attached hydrogens (tertiary/aromatic N) is 2. The fourth-order valence-corrected chi connectivity index (χ4v) is 2.09. The van der Waals surface area contributed by atoms with Crippen LogP contribution in [-0.2, 0) is 11.3 Å². The molecule has 4 heteroatoms. The fraction of sp³-hybridized carbons (Fsp3) is 0.583. The summed E-state index contributed by atoms with van der Waals surface area (Å²) in [7, 11) is 0. The molecule has 1 aromatic heterocycles. The summed E-state index contributed by atoms with van der Waals surface area (Å²) in [5.41, 5.74) is 7.77. The van der Waals surface area contributed by atoms with Gasteiger partial charge in [-0.1, -0.05) is 6.92 Å². The van der Waals surface area contributed by atoms with Crippen LogP contribution in [-0.4, -0.2) is 30.8 Å². The number of hydrogen-bond donors (Lipinski definition) is 1. The second-order valence-electron chi connectivity index (χ2n) is 4.04. The van der Waals surface area contributed by atoms with Crippen LogP contribution in [0.2, 0.25) is 0 Å². The highest BCUT2D eigenvalue weighted by atomic mass is 16.5. The normalized spacial score (nSPS) is 21.1. The Morgan fingerprint density at radius 1 is 1.62 bits per heavy atom. The highest BCUT2D eigenvalue weighted by molar-refractivity contribution is 5.48. The quantitative estimate of drug-likeness (QED) is 0.832. The molecule has 88 valence electrons. The first-order valence-electron chi connectivity index (χ1n) is 5.84. The highest BCUT2D eigenvalue weighted by Crippen LogP contribution is 2.21. The lowest BCUT2D eigenvalue weighted by molar-refractivity contribution is 0.0930. The lowest BCUT2D eigenvalue weighted by Crippen LogP contribution is -2.45. The lowest BCUT2D eigenvalue weighted by Gasteiger charge is -2.37. The molecule has 1 fully saturated rings. The van der Waals surface area contributed by atoms with Crippen molar-refractivity contribution in [1.82, 2.24) is 4.98 Å². The molecule has 0 amide bonds. The first-order valence-corrected chi connectivity index (χ1v) is 5.84. The molecule has 1 aliphatic rings. The van der Waals surface area contributed by atoms with E-state index >= 15 is 0 Å². The summed E-state index contributed by atoms with van der Waals surface area (Å²) in [4.78, 5) is 6.61. The molecule has 1 saturated heterocycles. The average Bonchev–Trinajstić information content (AvgIpc) is 2.38. The van der Waals surface area contributed by atoms with Crippen molar-refractivity contribution in [1.29, 1.82) is 0 Å². The van der Waals surface area contributed by atoms with Crippen molar-refractivity contribution >= 4 is 5.69 Å². The molecule has 1 aromatic rings. The largest absolute Gasteiger partial charge is 0.377 e. The Kier molecular flexibility index (Phi) is 3.74. The standard InChI is InChI=1S/C12H19N3O/c1-2-11-9-16-6-5-15(11)12-3-4-14-10(7-12)8-13/h3-4,7,11H,2,5-6,8-9,13H2,1H3. The van der Waals surface area contributed by atoms with E-state index < -0.39 is 0 Å². The van der Waals surface area contributed by atoms with Crippen molar-refractivity contribution in [2.75, 3.05) is 24.7 Å². The van der Waals surface area contributed by atoms with E-state index in [1.54, 1.807) is 0 Å². The van der Waals surface area contributed by atoms with E-state index in [1.165, 1.54) is 5.69 Å². The minimum atomic E-state index is 0.474. The third-order valence-electron chi connectivity index (χ3n) is 3.04. The van der Waals surface area contributed by atoms with Gasteiger partial charge in [-0.25, -0.2) is 0 Å². The molecule has 2 rings (SSSR count). The Morgan fingerprint density at radius 2 is 2.50 bits per heavy atom. The number of rotatable bonds is 3. The molecule has 16 heavy (non-hydrogen) atoms. The highest BCUT2D eigenvalue weighted by Gasteiger charge is 2.21. The number of hydrogen-bond acceptors (Lipinski definition) is 4. The summed E-state index contributed by atoms with van der Waals surface area (Å²) in [6.45, 7) is 5.26. The van der Waals surface area contributed by atoms with Crippen LogP contribution in [0.5, 0.6) is 0 Å². The summed E-state index contributed by atoms with van der Waals surface area (Å²) >= 11 is 0. The van der Waals surface area contributed by atoms with Crippen molar-refractivity contribution in [2.45, 2.75) is 25.9 Å². The maximum absolute atomic E-state index is 5.61. The van der Waals surface area contributed by atoms with Gasteiger partial charge in [-0.2, -0.15) is 0 Å². The summed E-state index contributed by atoms with van der Waals surface area (Å²) < 4.78 is 5.50. The number of aromatic nitrogens is 1. The predicted molar refractivity (Wildman–Crippen MR) is 64.4 cm³/mol. The first-order chi connectivity index (χ1) is 7.85. The molecular weight excluding hydrogens is 202 g/mol. The van der Waals surface area contributed by atoms with Crippen LogP contribution in [0.15, 0.2) is 18.3 Å². The molecule has 1 atom stereocenters. The molecule has 0 spiro atoms. The maximum Gasteiger partial charge on any atom is 0.0670 e.